The largest absolute Gasteiger partial charge is 0.144 e. The van der Waals surface area contributed by atoms with Gasteiger partial charge in [0.25, 0.3) is 0 Å². The number of hydrogen-bond donors (Lipinski definition) is 0. The Bertz CT molecular complexity index is 1570. The van der Waals surface area contributed by atoms with E-state index < -0.39 is 0 Å². The van der Waals surface area contributed by atoms with Crippen LogP contribution < -0.4 is 0 Å². The lowest BCUT2D eigenvalue weighted by atomic mass is 9.70. The second-order valence-electron chi connectivity index (χ2n) is 8.55. The second kappa shape index (κ2) is 5.53. The minimum absolute atomic E-state index is 0.242. The highest BCUT2D eigenvalue weighted by Gasteiger charge is 2.51. The van der Waals surface area contributed by atoms with Gasteiger partial charge in [0, 0.05) is 9.40 Å². The molecule has 2 aliphatic carbocycles. The molecule has 0 bridgehead atoms. The van der Waals surface area contributed by atoms with Crippen molar-refractivity contribution in [2.24, 2.45) is 0 Å². The predicted octanol–water partition coefficient (Wildman–Crippen LogP) is 8.46. The Labute approximate surface area is 188 Å². The molecule has 0 atom stereocenters. The lowest BCUT2D eigenvalue weighted by molar-refractivity contribution is 0.796. The second-order valence-corrected chi connectivity index (χ2v) is 10.4. The minimum atomic E-state index is -0.242. The van der Waals surface area contributed by atoms with Gasteiger partial charge >= 0.3 is 0 Å². The summed E-state index contributed by atoms with van der Waals surface area (Å²) in [6.07, 6.45) is 0. The zero-order chi connectivity index (χ0) is 20.2. The van der Waals surface area contributed by atoms with Gasteiger partial charge in [0.1, 0.15) is 0 Å². The summed E-state index contributed by atoms with van der Waals surface area (Å²) < 4.78 is 2.74. The fourth-order valence-corrected chi connectivity index (χ4v) is 7.67. The van der Waals surface area contributed by atoms with Gasteiger partial charge in [0.2, 0.25) is 0 Å². The normalized spacial score (nSPS) is 14.7. The van der Waals surface area contributed by atoms with Crippen LogP contribution in [0, 0.1) is 0 Å². The molecule has 2 aliphatic rings. The molecule has 31 heavy (non-hydrogen) atoms. The quantitative estimate of drug-likeness (QED) is 0.227. The molecule has 0 nitrogen and oxygen atoms in total. The van der Waals surface area contributed by atoms with Crippen molar-refractivity contribution >= 4 is 42.8 Å². The van der Waals surface area contributed by atoms with Gasteiger partial charge in [-0.15, -0.1) is 22.7 Å². The van der Waals surface area contributed by atoms with Crippen LogP contribution >= 0.6 is 22.7 Å². The summed E-state index contributed by atoms with van der Waals surface area (Å²) in [4.78, 5) is 0. The minimum Gasteiger partial charge on any atom is -0.144 e. The third kappa shape index (κ3) is 1.83. The summed E-state index contributed by atoms with van der Waals surface area (Å²) in [6.45, 7) is 0. The molecule has 6 aromatic rings. The molecule has 0 saturated carbocycles. The van der Waals surface area contributed by atoms with Crippen LogP contribution in [0.4, 0.5) is 0 Å². The molecule has 144 valence electrons. The molecule has 0 unspecified atom stereocenters. The Morgan fingerprint density at radius 2 is 0.935 bits per heavy atom. The Morgan fingerprint density at radius 3 is 1.45 bits per heavy atom. The maximum Gasteiger partial charge on any atom is 0.0726 e. The first-order valence-electron chi connectivity index (χ1n) is 10.6. The number of fused-ring (bicyclic) bond motifs is 12. The highest BCUT2D eigenvalue weighted by molar-refractivity contribution is 7.17. The molecular weight excluding hydrogens is 412 g/mol. The van der Waals surface area contributed by atoms with Crippen molar-refractivity contribution in [3.63, 3.8) is 0 Å². The van der Waals surface area contributed by atoms with Crippen LogP contribution in [-0.4, -0.2) is 0 Å². The van der Waals surface area contributed by atoms with Gasteiger partial charge in [0.05, 0.1) is 5.41 Å². The molecule has 0 fully saturated rings. The third-order valence-electron chi connectivity index (χ3n) is 7.24. The van der Waals surface area contributed by atoms with Crippen molar-refractivity contribution in [2.75, 3.05) is 0 Å². The van der Waals surface area contributed by atoms with Crippen LogP contribution in [-0.2, 0) is 5.41 Å². The van der Waals surface area contributed by atoms with E-state index in [1.807, 2.05) is 22.7 Å². The summed E-state index contributed by atoms with van der Waals surface area (Å²) in [5.74, 6) is 0. The van der Waals surface area contributed by atoms with Crippen molar-refractivity contribution in [1.82, 2.24) is 0 Å². The zero-order valence-electron chi connectivity index (χ0n) is 16.6. The van der Waals surface area contributed by atoms with E-state index in [0.29, 0.717) is 0 Å². The third-order valence-corrected chi connectivity index (χ3v) is 8.99. The summed E-state index contributed by atoms with van der Waals surface area (Å²) >= 11 is 3.69. The van der Waals surface area contributed by atoms with Gasteiger partial charge in [-0.1, -0.05) is 48.5 Å². The molecule has 4 aromatic carbocycles. The van der Waals surface area contributed by atoms with Gasteiger partial charge in [0.15, 0.2) is 0 Å². The summed E-state index contributed by atoms with van der Waals surface area (Å²) in [7, 11) is 0. The van der Waals surface area contributed by atoms with Crippen LogP contribution in [0.2, 0.25) is 0 Å². The van der Waals surface area contributed by atoms with Crippen molar-refractivity contribution in [3.8, 4) is 22.3 Å². The molecular formula is C29H16S2. The smallest absolute Gasteiger partial charge is 0.0726 e. The van der Waals surface area contributed by atoms with Crippen LogP contribution in [0.25, 0.3) is 42.4 Å². The van der Waals surface area contributed by atoms with E-state index in [4.69, 9.17) is 0 Å². The van der Waals surface area contributed by atoms with E-state index in [-0.39, 0.29) is 5.41 Å². The number of rotatable bonds is 0. The molecule has 2 heterocycles. The topological polar surface area (TPSA) is 0 Å². The van der Waals surface area contributed by atoms with Crippen LogP contribution in [0.1, 0.15) is 22.3 Å². The first kappa shape index (κ1) is 16.5. The lowest BCUT2D eigenvalue weighted by Gasteiger charge is -2.30. The summed E-state index contributed by atoms with van der Waals surface area (Å²) in [6, 6.07) is 32.4. The number of hydrogen-bond acceptors (Lipinski definition) is 2. The maximum atomic E-state index is 2.47. The van der Waals surface area contributed by atoms with Gasteiger partial charge in [-0.25, -0.2) is 0 Å². The highest BCUT2D eigenvalue weighted by Crippen LogP contribution is 2.63. The molecule has 0 amide bonds. The van der Waals surface area contributed by atoms with Gasteiger partial charge in [-0.05, 0) is 102 Å². The van der Waals surface area contributed by atoms with Crippen LogP contribution in [0.3, 0.4) is 0 Å². The fraction of sp³-hybridized carbons (Fsp3) is 0.0345. The van der Waals surface area contributed by atoms with Crippen molar-refractivity contribution in [2.45, 2.75) is 5.41 Å². The first-order valence-corrected chi connectivity index (χ1v) is 12.3. The summed E-state index contributed by atoms with van der Waals surface area (Å²) in [5.41, 5.74) is 11.0. The van der Waals surface area contributed by atoms with E-state index in [1.54, 1.807) is 0 Å². The predicted molar refractivity (Wildman–Crippen MR) is 134 cm³/mol. The molecule has 8 rings (SSSR count). The standard InChI is InChI=1S/C29H16S2/c1-3-7-23-19(5-1)21-13-17-9-11-30-27(17)15-25(21)29(23)24-8-4-2-6-20(24)22-14-18-10-12-31-28(18)16-26(22)29/h1-16H. The van der Waals surface area contributed by atoms with Crippen LogP contribution in [0.15, 0.2) is 95.7 Å². The van der Waals surface area contributed by atoms with E-state index in [2.05, 4.69) is 95.7 Å². The molecule has 2 heteroatoms. The monoisotopic (exact) mass is 428 g/mol. The Kier molecular flexibility index (Phi) is 2.94. The van der Waals surface area contributed by atoms with E-state index in [0.717, 1.165) is 0 Å². The number of benzene rings is 4. The van der Waals surface area contributed by atoms with Gasteiger partial charge < -0.3 is 0 Å². The molecule has 0 N–H and O–H groups in total. The van der Waals surface area contributed by atoms with Gasteiger partial charge in [-0.2, -0.15) is 0 Å². The average molecular weight is 429 g/mol. The molecule has 0 aliphatic heterocycles. The molecule has 1 spiro atoms. The Morgan fingerprint density at radius 1 is 0.452 bits per heavy atom. The highest BCUT2D eigenvalue weighted by atomic mass is 32.1. The van der Waals surface area contributed by atoms with E-state index >= 15 is 0 Å². The molecule has 0 saturated heterocycles. The Balaban J connectivity index is 1.64. The average Bonchev–Trinajstić information content (AvgIpc) is 3.57. The van der Waals surface area contributed by atoms with Crippen molar-refractivity contribution < 1.29 is 0 Å². The fourth-order valence-electron chi connectivity index (χ4n) is 6.05. The lowest BCUT2D eigenvalue weighted by Crippen LogP contribution is -2.25. The van der Waals surface area contributed by atoms with E-state index in [1.165, 1.54) is 64.7 Å². The summed E-state index contributed by atoms with van der Waals surface area (Å²) in [5, 5.41) is 7.11. The SMILES string of the molecule is c1ccc2c(c1)-c1cc3ccsc3cc1C21c2ccccc2-c2cc3ccsc3cc21. The first-order chi connectivity index (χ1) is 15.4. The van der Waals surface area contributed by atoms with Gasteiger partial charge in [-0.3, -0.25) is 0 Å². The van der Waals surface area contributed by atoms with Crippen molar-refractivity contribution in [1.29, 1.82) is 0 Å². The Hall–Kier alpha value is -3.20. The van der Waals surface area contributed by atoms with E-state index in [9.17, 15) is 0 Å². The number of thiophene rings is 2. The zero-order valence-corrected chi connectivity index (χ0v) is 18.2. The molecule has 2 aromatic heterocycles. The van der Waals surface area contributed by atoms with Crippen LogP contribution in [0.5, 0.6) is 0 Å². The maximum absolute atomic E-state index is 2.47. The molecule has 0 radical (unpaired) electrons. The van der Waals surface area contributed by atoms with Crippen molar-refractivity contribution in [3.05, 3.63) is 118 Å².